The van der Waals surface area contributed by atoms with Gasteiger partial charge in [0.25, 0.3) is 0 Å². The molecule has 0 amide bonds. The maximum absolute atomic E-state index is 3.79. The largest absolute Gasteiger partial charge is 0.354 e. The smallest absolute Gasteiger partial charge is 0.0526 e. The zero-order valence-electron chi connectivity index (χ0n) is 7.79. The molecular formula is C12H13NS. The van der Waals surface area contributed by atoms with Gasteiger partial charge in [-0.3, -0.25) is 0 Å². The summed E-state index contributed by atoms with van der Waals surface area (Å²) in [6.07, 6.45) is 3.67. The fraction of sp³-hybridized carbons (Fsp3) is 0. The summed E-state index contributed by atoms with van der Waals surface area (Å²) in [7, 11) is 0. The number of hydrogen-bond acceptors (Lipinski definition) is 2. The SMILES string of the molecule is C=CC1=C(C=C)Sc2ccccc2N1.[HH]. The molecule has 0 saturated heterocycles. The Morgan fingerprint density at radius 2 is 2.00 bits per heavy atom. The molecule has 0 bridgehead atoms. The molecule has 2 rings (SSSR count). The molecule has 1 heterocycles. The highest BCUT2D eigenvalue weighted by molar-refractivity contribution is 8.03. The molecule has 2 heteroatoms. The van der Waals surface area contributed by atoms with Crippen molar-refractivity contribution in [3.63, 3.8) is 0 Å². The highest BCUT2D eigenvalue weighted by atomic mass is 32.2. The Labute approximate surface area is 89.7 Å². The molecule has 1 aliphatic heterocycles. The van der Waals surface area contributed by atoms with E-state index in [9.17, 15) is 0 Å². The van der Waals surface area contributed by atoms with Gasteiger partial charge in [-0.05, 0) is 18.2 Å². The van der Waals surface area contributed by atoms with Crippen LogP contribution in [-0.2, 0) is 0 Å². The lowest BCUT2D eigenvalue weighted by molar-refractivity contribution is 1.35. The van der Waals surface area contributed by atoms with Crippen molar-refractivity contribution < 1.29 is 1.43 Å². The molecule has 0 atom stereocenters. The summed E-state index contributed by atoms with van der Waals surface area (Å²) in [6.45, 7) is 7.56. The van der Waals surface area contributed by atoms with Crippen molar-refractivity contribution in [2.75, 3.05) is 5.32 Å². The van der Waals surface area contributed by atoms with E-state index in [2.05, 4.69) is 30.6 Å². The van der Waals surface area contributed by atoms with Crippen LogP contribution in [0, 0.1) is 0 Å². The summed E-state index contributed by atoms with van der Waals surface area (Å²) in [5.41, 5.74) is 2.17. The normalized spacial score (nSPS) is 14.3. The van der Waals surface area contributed by atoms with Gasteiger partial charge in [0.05, 0.1) is 11.4 Å². The van der Waals surface area contributed by atoms with Crippen LogP contribution in [0.2, 0.25) is 0 Å². The van der Waals surface area contributed by atoms with E-state index in [-0.39, 0.29) is 1.43 Å². The second kappa shape index (κ2) is 3.76. The molecule has 1 N–H and O–H groups in total. The van der Waals surface area contributed by atoms with Crippen LogP contribution in [0.5, 0.6) is 0 Å². The van der Waals surface area contributed by atoms with Crippen LogP contribution in [0.3, 0.4) is 0 Å². The summed E-state index contributed by atoms with van der Waals surface area (Å²) in [6, 6.07) is 8.21. The highest BCUT2D eigenvalue weighted by Crippen LogP contribution is 2.39. The van der Waals surface area contributed by atoms with E-state index in [0.717, 1.165) is 16.3 Å². The molecule has 1 aromatic rings. The van der Waals surface area contributed by atoms with Crippen LogP contribution < -0.4 is 5.32 Å². The maximum Gasteiger partial charge on any atom is 0.0526 e. The third-order valence-corrected chi connectivity index (χ3v) is 3.21. The first-order valence-corrected chi connectivity index (χ1v) is 5.20. The van der Waals surface area contributed by atoms with Crippen LogP contribution >= 0.6 is 11.8 Å². The van der Waals surface area contributed by atoms with Crippen molar-refractivity contribution >= 4 is 17.4 Å². The number of thioether (sulfide) groups is 1. The number of hydrogen-bond donors (Lipinski definition) is 1. The average molecular weight is 203 g/mol. The lowest BCUT2D eigenvalue weighted by Crippen LogP contribution is -2.04. The van der Waals surface area contributed by atoms with E-state index in [1.54, 1.807) is 11.8 Å². The number of allylic oxidation sites excluding steroid dienone is 2. The van der Waals surface area contributed by atoms with E-state index < -0.39 is 0 Å². The topological polar surface area (TPSA) is 12.0 Å². The average Bonchev–Trinajstić information content (AvgIpc) is 2.27. The number of nitrogens with one attached hydrogen (secondary N) is 1. The molecule has 0 fully saturated rings. The van der Waals surface area contributed by atoms with Gasteiger partial charge in [0.15, 0.2) is 0 Å². The summed E-state index contributed by atoms with van der Waals surface area (Å²) < 4.78 is 0. The van der Waals surface area contributed by atoms with Crippen LogP contribution in [-0.4, -0.2) is 0 Å². The molecule has 0 unspecified atom stereocenters. The third kappa shape index (κ3) is 1.49. The predicted molar refractivity (Wildman–Crippen MR) is 65.5 cm³/mol. The second-order valence-electron chi connectivity index (χ2n) is 2.91. The first kappa shape index (κ1) is 9.16. The first-order valence-electron chi connectivity index (χ1n) is 4.38. The molecule has 0 aliphatic carbocycles. The fourth-order valence-corrected chi connectivity index (χ4v) is 2.28. The van der Waals surface area contributed by atoms with Gasteiger partial charge in [0.1, 0.15) is 0 Å². The zero-order valence-corrected chi connectivity index (χ0v) is 8.60. The Kier molecular flexibility index (Phi) is 2.46. The minimum Gasteiger partial charge on any atom is -0.354 e. The Balaban J connectivity index is 0.00000112. The van der Waals surface area contributed by atoms with Crippen molar-refractivity contribution in [3.05, 3.63) is 60.2 Å². The van der Waals surface area contributed by atoms with E-state index in [0.29, 0.717) is 0 Å². The van der Waals surface area contributed by atoms with Crippen molar-refractivity contribution in [1.29, 1.82) is 0 Å². The van der Waals surface area contributed by atoms with Crippen molar-refractivity contribution in [2.24, 2.45) is 0 Å². The standard InChI is InChI=1S/C12H11NS.H2/c1-3-9-11(4-2)14-12-8-6-5-7-10(12)13-9;/h3-8,13H,1-2H2;1H. The number of rotatable bonds is 2. The van der Waals surface area contributed by atoms with E-state index >= 15 is 0 Å². The second-order valence-corrected chi connectivity index (χ2v) is 3.99. The molecule has 0 spiro atoms. The lowest BCUT2D eigenvalue weighted by Gasteiger charge is -2.20. The van der Waals surface area contributed by atoms with Gasteiger partial charge in [-0.25, -0.2) is 0 Å². The van der Waals surface area contributed by atoms with Gasteiger partial charge >= 0.3 is 0 Å². The van der Waals surface area contributed by atoms with Crippen LogP contribution in [0.4, 0.5) is 5.69 Å². The Morgan fingerprint density at radius 3 is 2.71 bits per heavy atom. The minimum absolute atomic E-state index is 0. The fourth-order valence-electron chi connectivity index (χ4n) is 1.34. The van der Waals surface area contributed by atoms with Crippen molar-refractivity contribution in [1.82, 2.24) is 0 Å². The highest BCUT2D eigenvalue weighted by Gasteiger charge is 2.13. The van der Waals surface area contributed by atoms with Crippen LogP contribution in [0.25, 0.3) is 0 Å². The van der Waals surface area contributed by atoms with Crippen LogP contribution in [0.15, 0.2) is 65.1 Å². The lowest BCUT2D eigenvalue weighted by atomic mass is 10.3. The zero-order chi connectivity index (χ0) is 9.97. The van der Waals surface area contributed by atoms with Crippen molar-refractivity contribution in [2.45, 2.75) is 4.90 Å². The number of para-hydroxylation sites is 1. The van der Waals surface area contributed by atoms with Gasteiger partial charge in [-0.15, -0.1) is 0 Å². The summed E-state index contributed by atoms with van der Waals surface area (Å²) in [5.74, 6) is 0. The van der Waals surface area contributed by atoms with Gasteiger partial charge in [-0.1, -0.05) is 43.1 Å². The molecule has 0 radical (unpaired) electrons. The molecule has 72 valence electrons. The Hall–Kier alpha value is -1.41. The van der Waals surface area contributed by atoms with Gasteiger partial charge < -0.3 is 5.32 Å². The maximum atomic E-state index is 3.79. The predicted octanol–water partition coefficient (Wildman–Crippen LogP) is 4.03. The van der Waals surface area contributed by atoms with Gasteiger partial charge in [0.2, 0.25) is 0 Å². The van der Waals surface area contributed by atoms with E-state index in [1.165, 1.54) is 4.90 Å². The molecule has 1 nitrogen and oxygen atoms in total. The number of fused-ring (bicyclic) bond motifs is 1. The Bertz CT molecular complexity index is 384. The summed E-state index contributed by atoms with van der Waals surface area (Å²) in [5, 5.41) is 3.32. The van der Waals surface area contributed by atoms with E-state index in [4.69, 9.17) is 0 Å². The Morgan fingerprint density at radius 1 is 1.21 bits per heavy atom. The quantitative estimate of drug-likeness (QED) is 0.778. The molecule has 0 saturated carbocycles. The number of benzene rings is 1. The van der Waals surface area contributed by atoms with Gasteiger partial charge in [-0.2, -0.15) is 0 Å². The molecule has 0 aromatic heterocycles. The molecular weight excluding hydrogens is 190 g/mol. The summed E-state index contributed by atoms with van der Waals surface area (Å²) in [4.78, 5) is 2.35. The molecule has 14 heavy (non-hydrogen) atoms. The molecule has 1 aromatic carbocycles. The van der Waals surface area contributed by atoms with Crippen molar-refractivity contribution in [3.8, 4) is 0 Å². The van der Waals surface area contributed by atoms with Crippen LogP contribution in [0.1, 0.15) is 1.43 Å². The first-order chi connectivity index (χ1) is 6.85. The third-order valence-electron chi connectivity index (χ3n) is 2.03. The van der Waals surface area contributed by atoms with E-state index in [1.807, 2.05) is 24.3 Å². The van der Waals surface area contributed by atoms with Gasteiger partial charge in [0, 0.05) is 11.2 Å². The summed E-state index contributed by atoms with van der Waals surface area (Å²) >= 11 is 1.72. The minimum atomic E-state index is 0. The number of anilines is 1. The monoisotopic (exact) mass is 203 g/mol. The molecule has 1 aliphatic rings.